The largest absolute Gasteiger partial charge is 0.338 e. The fourth-order valence-electron chi connectivity index (χ4n) is 5.09. The monoisotopic (exact) mass is 471 g/mol. The second-order valence-electron chi connectivity index (χ2n) is 9.95. The van der Waals surface area contributed by atoms with E-state index < -0.39 is 0 Å². The van der Waals surface area contributed by atoms with Gasteiger partial charge in [0.15, 0.2) is 0 Å². The van der Waals surface area contributed by atoms with Crippen LogP contribution in [-0.4, -0.2) is 21.9 Å². The van der Waals surface area contributed by atoms with E-state index in [2.05, 4.69) is 53.9 Å². The molecule has 3 heterocycles. The number of aromatic nitrogens is 1. The van der Waals surface area contributed by atoms with Gasteiger partial charge in [-0.3, -0.25) is 15.4 Å². The zero-order chi connectivity index (χ0) is 24.2. The van der Waals surface area contributed by atoms with Gasteiger partial charge >= 0.3 is 0 Å². The molecular weight excluding hydrogens is 437 g/mol. The van der Waals surface area contributed by atoms with Gasteiger partial charge in [0.1, 0.15) is 17.5 Å². The van der Waals surface area contributed by atoms with Gasteiger partial charge in [-0.1, -0.05) is 63.8 Å². The van der Waals surface area contributed by atoms with Crippen molar-refractivity contribution in [1.82, 2.24) is 15.4 Å². The Bertz CT molecular complexity index is 1160. The molecule has 3 aliphatic rings. The Morgan fingerprint density at radius 3 is 2.60 bits per heavy atom. The van der Waals surface area contributed by atoms with Crippen LogP contribution in [0.15, 0.2) is 77.6 Å². The van der Waals surface area contributed by atoms with Crippen LogP contribution in [-0.2, 0) is 0 Å². The number of fused-ring (bicyclic) bond motifs is 1. The first-order chi connectivity index (χ1) is 17.0. The Hall–Kier alpha value is -3.41. The van der Waals surface area contributed by atoms with Crippen molar-refractivity contribution >= 4 is 23.0 Å². The van der Waals surface area contributed by atoms with Gasteiger partial charge < -0.3 is 5.32 Å². The van der Waals surface area contributed by atoms with Crippen LogP contribution in [0, 0.1) is 17.7 Å². The molecule has 5 rings (SSSR count). The average Bonchev–Trinajstić information content (AvgIpc) is 2.84. The number of nitrogens with zero attached hydrogens (tertiary/aromatic N) is 3. The van der Waals surface area contributed by atoms with Gasteiger partial charge in [0.05, 0.1) is 23.1 Å². The minimum Gasteiger partial charge on any atom is -0.338 e. The van der Waals surface area contributed by atoms with Gasteiger partial charge in [0.25, 0.3) is 0 Å². The van der Waals surface area contributed by atoms with Crippen molar-refractivity contribution in [2.24, 2.45) is 16.8 Å². The highest BCUT2D eigenvalue weighted by atomic mass is 19.1. The van der Waals surface area contributed by atoms with Crippen molar-refractivity contribution in [3.8, 4) is 0 Å². The number of allylic oxidation sites excluding steroid dienone is 3. The molecule has 182 valence electrons. The number of anilines is 2. The molecule has 0 saturated heterocycles. The molecule has 1 unspecified atom stereocenters. The molecule has 2 aliphatic heterocycles. The molecule has 0 bridgehead atoms. The molecule has 1 aromatic carbocycles. The zero-order valence-electron chi connectivity index (χ0n) is 20.5. The lowest BCUT2D eigenvalue weighted by Crippen LogP contribution is -2.43. The van der Waals surface area contributed by atoms with E-state index in [-0.39, 0.29) is 11.7 Å². The Balaban J connectivity index is 1.36. The van der Waals surface area contributed by atoms with Crippen molar-refractivity contribution in [3.05, 3.63) is 84.0 Å². The predicted octanol–water partition coefficient (Wildman–Crippen LogP) is 6.97. The Labute approximate surface area is 207 Å². The van der Waals surface area contributed by atoms with E-state index in [0.29, 0.717) is 17.5 Å². The summed E-state index contributed by atoms with van der Waals surface area (Å²) in [6.45, 7) is 4.51. The van der Waals surface area contributed by atoms with Gasteiger partial charge in [-0.15, -0.1) is 0 Å². The standard InChI is InChI=1S/C29H34FN5/c1-20-7-5-9-23(10-6-8-20)32-29-15-13-24-17-21(2)18-27(35(24)34-29)22-12-14-26(25(30)19-22)33-28-11-3-4-16-31-28/h3-4,11-21,23H,5-10H2,1-2H3,(H,31,33)(H,32,34). The molecule has 0 radical (unpaired) electrons. The third-order valence-corrected chi connectivity index (χ3v) is 6.97. The number of nitrogens with one attached hydrogen (secondary N) is 2. The first kappa shape index (κ1) is 23.3. The maximum atomic E-state index is 15.1. The number of hydrogen-bond donors (Lipinski definition) is 2. The minimum absolute atomic E-state index is 0.239. The Morgan fingerprint density at radius 1 is 1.03 bits per heavy atom. The number of halogens is 1. The van der Waals surface area contributed by atoms with E-state index in [4.69, 9.17) is 4.99 Å². The lowest BCUT2D eigenvalue weighted by Gasteiger charge is -2.36. The molecule has 1 fully saturated rings. The molecule has 2 N–H and O–H groups in total. The zero-order valence-corrected chi connectivity index (χ0v) is 20.5. The molecule has 1 aliphatic carbocycles. The highest BCUT2D eigenvalue weighted by Gasteiger charge is 2.25. The summed E-state index contributed by atoms with van der Waals surface area (Å²) in [4.78, 5) is 9.30. The van der Waals surface area contributed by atoms with Gasteiger partial charge in [-0.2, -0.15) is 0 Å². The van der Waals surface area contributed by atoms with Crippen LogP contribution < -0.4 is 10.7 Å². The van der Waals surface area contributed by atoms with Crippen LogP contribution in [0.2, 0.25) is 0 Å². The molecule has 1 atom stereocenters. The van der Waals surface area contributed by atoms with Crippen LogP contribution in [0.25, 0.3) is 5.70 Å². The van der Waals surface area contributed by atoms with Crippen molar-refractivity contribution in [3.63, 3.8) is 0 Å². The van der Waals surface area contributed by atoms with Crippen molar-refractivity contribution in [2.75, 3.05) is 5.32 Å². The fraction of sp³-hybridized carbons (Fsp3) is 0.379. The summed E-state index contributed by atoms with van der Waals surface area (Å²) in [5.74, 6) is 2.24. The normalized spacial score (nSPS) is 25.6. The van der Waals surface area contributed by atoms with Crippen LogP contribution in [0.1, 0.15) is 57.9 Å². The number of benzene rings is 1. The van der Waals surface area contributed by atoms with E-state index in [1.807, 2.05) is 29.3 Å². The van der Waals surface area contributed by atoms with E-state index in [1.165, 1.54) is 25.7 Å². The van der Waals surface area contributed by atoms with Gasteiger partial charge in [0, 0.05) is 11.8 Å². The molecule has 1 saturated carbocycles. The molecule has 0 amide bonds. The average molecular weight is 472 g/mol. The summed E-state index contributed by atoms with van der Waals surface area (Å²) < 4.78 is 15.1. The molecule has 35 heavy (non-hydrogen) atoms. The number of aliphatic imine (C=N–C) groups is 1. The van der Waals surface area contributed by atoms with Crippen molar-refractivity contribution in [1.29, 1.82) is 0 Å². The summed E-state index contributed by atoms with van der Waals surface area (Å²) in [5, 5.41) is 5.09. The maximum absolute atomic E-state index is 15.1. The highest BCUT2D eigenvalue weighted by molar-refractivity contribution is 5.95. The third-order valence-electron chi connectivity index (χ3n) is 6.97. The summed E-state index contributed by atoms with van der Waals surface area (Å²) in [7, 11) is 0. The Morgan fingerprint density at radius 2 is 1.86 bits per heavy atom. The number of pyridine rings is 1. The topological polar surface area (TPSA) is 52.6 Å². The van der Waals surface area contributed by atoms with Crippen LogP contribution in [0.4, 0.5) is 15.9 Å². The van der Waals surface area contributed by atoms with Crippen LogP contribution in [0.5, 0.6) is 0 Å². The fourth-order valence-corrected chi connectivity index (χ4v) is 5.09. The second kappa shape index (κ2) is 10.5. The lowest BCUT2D eigenvalue weighted by atomic mass is 9.90. The van der Waals surface area contributed by atoms with Crippen molar-refractivity contribution < 1.29 is 4.39 Å². The Kier molecular flexibility index (Phi) is 6.98. The predicted molar refractivity (Wildman–Crippen MR) is 141 cm³/mol. The molecule has 6 heteroatoms. The van der Waals surface area contributed by atoms with Crippen molar-refractivity contribution in [2.45, 2.75) is 58.4 Å². The van der Waals surface area contributed by atoms with Crippen LogP contribution in [0.3, 0.4) is 0 Å². The summed E-state index contributed by atoms with van der Waals surface area (Å²) in [6.07, 6.45) is 17.6. The van der Waals surface area contributed by atoms with E-state index >= 15 is 4.39 Å². The second-order valence-corrected chi connectivity index (χ2v) is 9.95. The molecule has 2 aromatic rings. The first-order valence-electron chi connectivity index (χ1n) is 12.8. The van der Waals surface area contributed by atoms with Gasteiger partial charge in [-0.25, -0.2) is 9.37 Å². The highest BCUT2D eigenvalue weighted by Crippen LogP contribution is 2.33. The third kappa shape index (κ3) is 5.64. The van der Waals surface area contributed by atoms with E-state index in [1.54, 1.807) is 18.3 Å². The molecule has 1 aromatic heterocycles. The summed E-state index contributed by atoms with van der Waals surface area (Å²) in [6, 6.07) is 11.2. The SMILES string of the molecule is CC1C=C2C=CC(=NC3CCCC(C)CCC3)NN2C(c2ccc(Nc3ccccn3)c(F)c2)=C1. The van der Waals surface area contributed by atoms with Gasteiger partial charge in [-0.05, 0) is 61.1 Å². The lowest BCUT2D eigenvalue weighted by molar-refractivity contribution is 0.376. The maximum Gasteiger partial charge on any atom is 0.147 e. The number of hydrazine groups is 1. The summed E-state index contributed by atoms with van der Waals surface area (Å²) >= 11 is 0. The van der Waals surface area contributed by atoms with Crippen LogP contribution >= 0.6 is 0 Å². The minimum atomic E-state index is -0.317. The number of amidine groups is 1. The molecular formula is C29H34FN5. The summed E-state index contributed by atoms with van der Waals surface area (Å²) in [5.41, 5.74) is 6.70. The quantitative estimate of drug-likeness (QED) is 0.505. The number of rotatable bonds is 4. The molecule has 0 spiro atoms. The number of hydrogen-bond acceptors (Lipinski definition) is 4. The van der Waals surface area contributed by atoms with E-state index in [0.717, 1.165) is 41.6 Å². The van der Waals surface area contributed by atoms with Gasteiger partial charge in [0.2, 0.25) is 0 Å². The molecule has 5 nitrogen and oxygen atoms in total. The van der Waals surface area contributed by atoms with E-state index in [9.17, 15) is 0 Å². The first-order valence-corrected chi connectivity index (χ1v) is 12.8. The smallest absolute Gasteiger partial charge is 0.147 e.